The molecule has 0 spiro atoms. The number of anilines is 1. The fourth-order valence-electron chi connectivity index (χ4n) is 6.71. The Morgan fingerprint density at radius 3 is 2.38 bits per heavy atom. The van der Waals surface area contributed by atoms with Gasteiger partial charge in [0.1, 0.15) is 12.1 Å². The van der Waals surface area contributed by atoms with Crippen molar-refractivity contribution in [1.29, 1.82) is 0 Å². The Hall–Kier alpha value is -5.52. The summed E-state index contributed by atoms with van der Waals surface area (Å²) in [5.41, 5.74) is 4.18. The van der Waals surface area contributed by atoms with E-state index in [0.717, 1.165) is 22.0 Å². The van der Waals surface area contributed by atoms with Gasteiger partial charge in [0.15, 0.2) is 11.5 Å². The minimum atomic E-state index is -1.21. The van der Waals surface area contributed by atoms with Crippen molar-refractivity contribution in [2.75, 3.05) is 26.6 Å². The zero-order valence-electron chi connectivity index (χ0n) is 29.1. The first-order valence-electron chi connectivity index (χ1n) is 16.6. The molecular weight excluding hydrogens is 640 g/mol. The highest BCUT2D eigenvalue weighted by molar-refractivity contribution is 5.90. The van der Waals surface area contributed by atoms with Crippen molar-refractivity contribution >= 4 is 34.4 Å². The smallest absolute Gasteiger partial charge is 0.326 e. The SMILES string of the molecule is COc1cc2c(c(OC)c1OC)-c1ccc(N[C@H](CC(C)C)C(=O)N[C@H](Cc3c[nH]c4ccccc34)C(=O)O)c(=O)cc1[C@H](NC(C)=O)CC2. The van der Waals surface area contributed by atoms with E-state index < -0.39 is 35.4 Å². The van der Waals surface area contributed by atoms with Crippen LogP contribution in [0.25, 0.3) is 22.0 Å². The number of aliphatic carboxylic acids is 1. The van der Waals surface area contributed by atoms with E-state index in [1.54, 1.807) is 25.4 Å². The van der Waals surface area contributed by atoms with Gasteiger partial charge in [0.05, 0.1) is 33.1 Å². The molecule has 1 aliphatic rings. The Morgan fingerprint density at radius 1 is 0.980 bits per heavy atom. The minimum Gasteiger partial charge on any atom is -0.493 e. The molecule has 4 aromatic rings. The van der Waals surface area contributed by atoms with Gasteiger partial charge in [0, 0.05) is 36.0 Å². The monoisotopic (exact) mass is 684 g/mol. The Morgan fingerprint density at radius 2 is 1.72 bits per heavy atom. The van der Waals surface area contributed by atoms with E-state index in [1.165, 1.54) is 27.2 Å². The quantitative estimate of drug-likeness (QED) is 0.130. The third kappa shape index (κ3) is 7.54. The van der Waals surface area contributed by atoms with E-state index in [9.17, 15) is 24.3 Å². The van der Waals surface area contributed by atoms with Crippen LogP contribution in [0, 0.1) is 5.92 Å². The fourth-order valence-corrected chi connectivity index (χ4v) is 6.71. The summed E-state index contributed by atoms with van der Waals surface area (Å²) in [7, 11) is 4.59. The first kappa shape index (κ1) is 35.8. The lowest BCUT2D eigenvalue weighted by Gasteiger charge is -2.23. The first-order chi connectivity index (χ1) is 23.9. The number of methoxy groups -OCH3 is 3. The molecule has 264 valence electrons. The number of amides is 2. The van der Waals surface area contributed by atoms with Gasteiger partial charge in [-0.05, 0) is 71.7 Å². The fraction of sp³-hybridized carbons (Fsp3) is 0.368. The highest BCUT2D eigenvalue weighted by atomic mass is 16.5. The number of hydrogen-bond acceptors (Lipinski definition) is 8. The number of aromatic amines is 1. The second-order valence-electron chi connectivity index (χ2n) is 12.9. The topological polar surface area (TPSA) is 168 Å². The maximum Gasteiger partial charge on any atom is 0.326 e. The largest absolute Gasteiger partial charge is 0.493 e. The summed E-state index contributed by atoms with van der Waals surface area (Å²) in [5, 5.41) is 19.8. The molecule has 0 unspecified atom stereocenters. The van der Waals surface area contributed by atoms with Gasteiger partial charge < -0.3 is 40.3 Å². The molecule has 3 atom stereocenters. The van der Waals surface area contributed by atoms with Crippen molar-refractivity contribution in [3.05, 3.63) is 81.6 Å². The number of aromatic nitrogens is 1. The van der Waals surface area contributed by atoms with Crippen LogP contribution in [-0.2, 0) is 27.2 Å². The zero-order chi connectivity index (χ0) is 36.1. The van der Waals surface area contributed by atoms with Crippen LogP contribution in [0.4, 0.5) is 5.69 Å². The number of carboxylic acid groups (broad SMARTS) is 1. The number of aryl methyl sites for hydroxylation is 1. The van der Waals surface area contributed by atoms with Crippen molar-refractivity contribution in [1.82, 2.24) is 15.6 Å². The van der Waals surface area contributed by atoms with Crippen LogP contribution in [-0.4, -0.2) is 61.3 Å². The molecule has 1 aromatic heterocycles. The number of rotatable bonds is 13. The van der Waals surface area contributed by atoms with E-state index in [1.807, 2.05) is 44.2 Å². The predicted molar refractivity (Wildman–Crippen MR) is 191 cm³/mol. The lowest BCUT2D eigenvalue weighted by Crippen LogP contribution is -2.49. The van der Waals surface area contributed by atoms with Gasteiger partial charge in [0.2, 0.25) is 23.0 Å². The summed E-state index contributed by atoms with van der Waals surface area (Å²) < 4.78 is 17.1. The van der Waals surface area contributed by atoms with Gasteiger partial charge >= 0.3 is 5.97 Å². The molecule has 0 bridgehead atoms. The van der Waals surface area contributed by atoms with E-state index in [0.29, 0.717) is 53.2 Å². The highest BCUT2D eigenvalue weighted by Gasteiger charge is 2.31. The van der Waals surface area contributed by atoms with Crippen molar-refractivity contribution in [2.24, 2.45) is 5.92 Å². The molecule has 5 N–H and O–H groups in total. The predicted octanol–water partition coefficient (Wildman–Crippen LogP) is 4.98. The first-order valence-corrected chi connectivity index (χ1v) is 16.6. The molecule has 2 amide bonds. The van der Waals surface area contributed by atoms with Crippen LogP contribution >= 0.6 is 0 Å². The number of nitrogens with one attached hydrogen (secondary N) is 4. The van der Waals surface area contributed by atoms with Gasteiger partial charge in [-0.1, -0.05) is 38.1 Å². The Bertz CT molecular complexity index is 1970. The lowest BCUT2D eigenvalue weighted by atomic mass is 9.95. The van der Waals surface area contributed by atoms with Crippen molar-refractivity contribution in [3.63, 3.8) is 0 Å². The number of H-pyrrole nitrogens is 1. The van der Waals surface area contributed by atoms with E-state index in [2.05, 4.69) is 20.9 Å². The third-order valence-corrected chi connectivity index (χ3v) is 8.98. The standard InChI is InChI=1S/C38H44N4O8/c1-20(2)15-30(37(45)42-31(38(46)47)16-23-19-39-27-10-8-7-9-24(23)27)41-29-14-12-25-26(18-32(29)44)28(40-21(3)43)13-11-22-17-33(48-4)35(49-5)36(50-6)34(22)25/h7-10,12,14,17-20,28,30-31,39H,11,13,15-16H2,1-6H3,(H,40,43)(H,41,44)(H,42,45)(H,46,47)/t28-,30-,31-/m1/s1. The number of carbonyl (C=O) groups excluding carboxylic acids is 2. The van der Waals surface area contributed by atoms with E-state index in [4.69, 9.17) is 14.2 Å². The summed E-state index contributed by atoms with van der Waals surface area (Å²) in [4.78, 5) is 55.6. The molecule has 50 heavy (non-hydrogen) atoms. The Kier molecular flexibility index (Phi) is 11.0. The maximum absolute atomic E-state index is 14.0. The molecule has 0 aliphatic heterocycles. The number of carbonyl (C=O) groups is 3. The Labute approximate surface area is 290 Å². The molecule has 12 heteroatoms. The van der Waals surface area contributed by atoms with Gasteiger partial charge in [0.25, 0.3) is 0 Å². The van der Waals surface area contributed by atoms with Crippen LogP contribution in [0.2, 0.25) is 0 Å². The van der Waals surface area contributed by atoms with E-state index in [-0.39, 0.29) is 23.9 Å². The average Bonchev–Trinajstić information content (AvgIpc) is 3.34. The maximum atomic E-state index is 14.0. The highest BCUT2D eigenvalue weighted by Crippen LogP contribution is 2.50. The van der Waals surface area contributed by atoms with Crippen LogP contribution in [0.15, 0.2) is 59.5 Å². The average molecular weight is 685 g/mol. The molecule has 3 aromatic carbocycles. The zero-order valence-corrected chi connectivity index (χ0v) is 29.1. The molecule has 5 rings (SSSR count). The van der Waals surface area contributed by atoms with Gasteiger partial charge in [-0.2, -0.15) is 0 Å². The third-order valence-electron chi connectivity index (χ3n) is 8.98. The summed E-state index contributed by atoms with van der Waals surface area (Å²) in [6, 6.07) is 11.7. The summed E-state index contributed by atoms with van der Waals surface area (Å²) in [6.07, 6.45) is 3.19. The van der Waals surface area contributed by atoms with Gasteiger partial charge in [-0.25, -0.2) is 4.79 Å². The van der Waals surface area contributed by atoms with Crippen molar-refractivity contribution in [2.45, 2.75) is 64.6 Å². The normalized spacial score (nSPS) is 14.8. The summed E-state index contributed by atoms with van der Waals surface area (Å²) in [5.74, 6) is -0.635. The molecule has 0 radical (unpaired) electrons. The van der Waals surface area contributed by atoms with Crippen molar-refractivity contribution in [3.8, 4) is 28.4 Å². The molecule has 0 fully saturated rings. The van der Waals surface area contributed by atoms with Crippen LogP contribution < -0.4 is 35.6 Å². The molecular formula is C38H44N4O8. The van der Waals surface area contributed by atoms with E-state index >= 15 is 0 Å². The van der Waals surface area contributed by atoms with Crippen molar-refractivity contribution < 1.29 is 33.7 Å². The Balaban J connectivity index is 1.54. The molecule has 1 heterocycles. The summed E-state index contributed by atoms with van der Waals surface area (Å²) in [6.45, 7) is 5.31. The van der Waals surface area contributed by atoms with Gasteiger partial charge in [-0.15, -0.1) is 0 Å². The second-order valence-corrected chi connectivity index (χ2v) is 12.9. The lowest BCUT2D eigenvalue weighted by molar-refractivity contribution is -0.141. The second kappa shape index (κ2) is 15.4. The number of para-hydroxylation sites is 1. The van der Waals surface area contributed by atoms with Crippen LogP contribution in [0.3, 0.4) is 0 Å². The minimum absolute atomic E-state index is 0.0298. The van der Waals surface area contributed by atoms with Crippen LogP contribution in [0.5, 0.6) is 17.2 Å². The van der Waals surface area contributed by atoms with Gasteiger partial charge in [-0.3, -0.25) is 14.4 Å². The number of ether oxygens (including phenoxy) is 3. The van der Waals surface area contributed by atoms with Crippen LogP contribution in [0.1, 0.15) is 56.3 Å². The molecule has 1 aliphatic carbocycles. The number of fused-ring (bicyclic) bond motifs is 4. The molecule has 12 nitrogen and oxygen atoms in total. The number of carboxylic acids is 1. The molecule has 0 saturated carbocycles. The number of hydrogen-bond donors (Lipinski definition) is 5. The summed E-state index contributed by atoms with van der Waals surface area (Å²) >= 11 is 0. The molecule has 0 saturated heterocycles. The number of benzene rings is 2.